The average molecular weight is 532 g/mol. The summed E-state index contributed by atoms with van der Waals surface area (Å²) < 4.78 is 16.7. The molecule has 8 nitrogen and oxygen atoms in total. The van der Waals surface area contributed by atoms with E-state index in [1.165, 1.54) is 12.4 Å². The number of rotatable bonds is 6. The number of aromatic nitrogens is 5. The van der Waals surface area contributed by atoms with E-state index >= 15 is 0 Å². The fourth-order valence-corrected chi connectivity index (χ4v) is 5.08. The minimum atomic E-state index is -0.419. The molecule has 0 fully saturated rings. The van der Waals surface area contributed by atoms with Gasteiger partial charge in [0.05, 0.1) is 22.3 Å². The maximum Gasteiger partial charge on any atom is 0.263 e. The Kier molecular flexibility index (Phi) is 6.39. The Balaban J connectivity index is 1.61. The molecule has 0 unspecified atom stereocenters. The average Bonchev–Trinajstić information content (AvgIpc) is 2.96. The highest BCUT2D eigenvalue weighted by Crippen LogP contribution is 2.34. The Morgan fingerprint density at radius 3 is 2.38 bits per heavy atom. The highest BCUT2D eigenvalue weighted by molar-refractivity contribution is 5.96. The zero-order valence-corrected chi connectivity index (χ0v) is 21.9. The topological polar surface area (TPSA) is 112 Å². The molecule has 0 saturated carbocycles. The molecule has 3 heterocycles. The van der Waals surface area contributed by atoms with Crippen molar-refractivity contribution >= 4 is 33.4 Å². The number of nitrogens with zero attached hydrogens (tertiary/aromatic N) is 5. The van der Waals surface area contributed by atoms with Crippen LogP contribution in [0, 0.1) is 11.7 Å². The molecule has 0 spiro atoms. The summed E-state index contributed by atoms with van der Waals surface area (Å²) in [6.07, 6.45) is 4.64. The smallest absolute Gasteiger partial charge is 0.263 e. The van der Waals surface area contributed by atoms with Crippen LogP contribution in [0.5, 0.6) is 0 Å². The first-order valence-electron chi connectivity index (χ1n) is 12.9. The third-order valence-corrected chi connectivity index (χ3v) is 6.96. The lowest BCUT2D eigenvalue weighted by Crippen LogP contribution is -2.29. The van der Waals surface area contributed by atoms with Gasteiger partial charge >= 0.3 is 0 Å². The van der Waals surface area contributed by atoms with Crippen molar-refractivity contribution in [1.82, 2.24) is 24.5 Å². The van der Waals surface area contributed by atoms with Gasteiger partial charge in [0.1, 0.15) is 18.0 Å². The summed E-state index contributed by atoms with van der Waals surface area (Å²) in [5.41, 5.74) is 8.82. The normalized spacial score (nSPS) is 12.2. The SMILES string of the molecule is CC(C)[C@H](Nc1ncnc2cccc(F)c12)c1cc2cccc(-c3cnc(N)nc3)c2c(=O)n1-c1ccccc1. The van der Waals surface area contributed by atoms with E-state index in [9.17, 15) is 9.18 Å². The molecule has 0 aliphatic rings. The van der Waals surface area contributed by atoms with Crippen molar-refractivity contribution in [3.63, 3.8) is 0 Å². The van der Waals surface area contributed by atoms with Gasteiger partial charge in [-0.2, -0.15) is 0 Å². The molecule has 1 atom stereocenters. The number of hydrogen-bond acceptors (Lipinski definition) is 7. The van der Waals surface area contributed by atoms with Crippen LogP contribution in [0.4, 0.5) is 16.2 Å². The van der Waals surface area contributed by atoms with Crippen LogP contribution in [0.2, 0.25) is 0 Å². The third kappa shape index (κ3) is 4.41. The van der Waals surface area contributed by atoms with Gasteiger partial charge in [-0.05, 0) is 47.2 Å². The molecule has 9 heteroatoms. The molecule has 40 heavy (non-hydrogen) atoms. The predicted octanol–water partition coefficient (Wildman–Crippen LogP) is 5.92. The van der Waals surface area contributed by atoms with E-state index < -0.39 is 11.9 Å². The molecule has 6 rings (SSSR count). The van der Waals surface area contributed by atoms with Crippen LogP contribution in [0.3, 0.4) is 0 Å². The minimum absolute atomic E-state index is 0.00252. The van der Waals surface area contributed by atoms with Crippen molar-refractivity contribution in [1.29, 1.82) is 0 Å². The van der Waals surface area contributed by atoms with Crippen molar-refractivity contribution in [2.45, 2.75) is 19.9 Å². The standard InChI is InChI=1S/C31H26FN7O/c1-18(2)28(38-29-27-23(32)12-7-13-24(27)36-17-37-29)25-14-19-8-6-11-22(20-15-34-31(33)35-16-20)26(19)30(40)39(25)21-9-4-3-5-10-21/h3-18,28H,1-2H3,(H2,33,34,35)(H,36,37,38)/t28-/m0/s1. The third-order valence-electron chi connectivity index (χ3n) is 6.96. The Labute approximate surface area is 229 Å². The fraction of sp³-hybridized carbons (Fsp3) is 0.129. The summed E-state index contributed by atoms with van der Waals surface area (Å²) in [5.74, 6) is 0.101. The molecule has 6 aromatic rings. The zero-order chi connectivity index (χ0) is 27.8. The first kappa shape index (κ1) is 25.1. The molecule has 198 valence electrons. The summed E-state index contributed by atoms with van der Waals surface area (Å²) in [5, 5.41) is 5.04. The Hall–Kier alpha value is -5.18. The van der Waals surface area contributed by atoms with Gasteiger partial charge in [0.2, 0.25) is 5.95 Å². The van der Waals surface area contributed by atoms with Crippen LogP contribution in [0.25, 0.3) is 38.5 Å². The van der Waals surface area contributed by atoms with Crippen molar-refractivity contribution in [3.05, 3.63) is 113 Å². The Bertz CT molecular complexity index is 1900. The van der Waals surface area contributed by atoms with Crippen molar-refractivity contribution in [2.75, 3.05) is 11.1 Å². The van der Waals surface area contributed by atoms with Crippen LogP contribution in [-0.2, 0) is 0 Å². The van der Waals surface area contributed by atoms with E-state index in [1.807, 2.05) is 68.4 Å². The Morgan fingerprint density at radius 1 is 0.875 bits per heavy atom. The molecule has 3 aromatic carbocycles. The number of nitrogen functional groups attached to an aromatic ring is 1. The second-order valence-electron chi connectivity index (χ2n) is 9.87. The molecule has 0 bridgehead atoms. The van der Waals surface area contributed by atoms with Crippen LogP contribution < -0.4 is 16.6 Å². The zero-order valence-electron chi connectivity index (χ0n) is 21.9. The fourth-order valence-electron chi connectivity index (χ4n) is 5.08. The van der Waals surface area contributed by atoms with Gasteiger partial charge in [0.25, 0.3) is 5.56 Å². The number of hydrogen-bond donors (Lipinski definition) is 2. The quantitative estimate of drug-likeness (QED) is 0.274. The molecule has 3 N–H and O–H groups in total. The molecule has 0 saturated heterocycles. The molecule has 0 aliphatic carbocycles. The predicted molar refractivity (Wildman–Crippen MR) is 156 cm³/mol. The van der Waals surface area contributed by atoms with Gasteiger partial charge < -0.3 is 11.1 Å². The molecule has 0 radical (unpaired) electrons. The lowest BCUT2D eigenvalue weighted by molar-refractivity contribution is 0.523. The van der Waals surface area contributed by atoms with Gasteiger partial charge in [-0.25, -0.2) is 24.3 Å². The van der Waals surface area contributed by atoms with Gasteiger partial charge in [-0.1, -0.05) is 56.3 Å². The number of anilines is 2. The number of para-hydroxylation sites is 1. The van der Waals surface area contributed by atoms with Gasteiger partial charge in [-0.3, -0.25) is 9.36 Å². The second kappa shape index (κ2) is 10.2. The first-order chi connectivity index (χ1) is 19.4. The lowest BCUT2D eigenvalue weighted by Gasteiger charge is -2.28. The molecule has 0 aliphatic heterocycles. The first-order valence-corrected chi connectivity index (χ1v) is 12.9. The monoisotopic (exact) mass is 531 g/mol. The maximum atomic E-state index is 15.0. The number of benzene rings is 3. The van der Waals surface area contributed by atoms with Crippen LogP contribution in [-0.4, -0.2) is 24.5 Å². The van der Waals surface area contributed by atoms with Crippen molar-refractivity contribution in [2.24, 2.45) is 5.92 Å². The van der Waals surface area contributed by atoms with Crippen molar-refractivity contribution < 1.29 is 4.39 Å². The number of nitrogens with two attached hydrogens (primary N) is 1. The summed E-state index contributed by atoms with van der Waals surface area (Å²) in [7, 11) is 0. The number of nitrogens with one attached hydrogen (secondary N) is 1. The molecular weight excluding hydrogens is 505 g/mol. The largest absolute Gasteiger partial charge is 0.368 e. The lowest BCUT2D eigenvalue weighted by atomic mass is 9.95. The number of fused-ring (bicyclic) bond motifs is 2. The summed E-state index contributed by atoms with van der Waals surface area (Å²) >= 11 is 0. The van der Waals surface area contributed by atoms with Crippen LogP contribution >= 0.6 is 0 Å². The highest BCUT2D eigenvalue weighted by Gasteiger charge is 2.25. The van der Waals surface area contributed by atoms with Crippen LogP contribution in [0.1, 0.15) is 25.6 Å². The summed E-state index contributed by atoms with van der Waals surface area (Å²) in [6, 6.07) is 21.5. The van der Waals surface area contributed by atoms with Gasteiger partial charge in [-0.15, -0.1) is 0 Å². The van der Waals surface area contributed by atoms with Crippen LogP contribution in [0.15, 0.2) is 96.3 Å². The van der Waals surface area contributed by atoms with E-state index in [-0.39, 0.29) is 17.4 Å². The Morgan fingerprint density at radius 2 is 1.62 bits per heavy atom. The summed E-state index contributed by atoms with van der Waals surface area (Å²) in [6.45, 7) is 4.09. The van der Waals surface area contributed by atoms with E-state index in [1.54, 1.807) is 29.1 Å². The maximum absolute atomic E-state index is 15.0. The number of pyridine rings is 1. The van der Waals surface area contributed by atoms with Gasteiger partial charge in [0, 0.05) is 29.3 Å². The highest BCUT2D eigenvalue weighted by atomic mass is 19.1. The van der Waals surface area contributed by atoms with E-state index in [4.69, 9.17) is 5.73 Å². The van der Waals surface area contributed by atoms with E-state index in [0.717, 1.165) is 5.39 Å². The number of halogens is 1. The molecule has 3 aromatic heterocycles. The molecule has 0 amide bonds. The van der Waals surface area contributed by atoms with Crippen molar-refractivity contribution in [3.8, 4) is 16.8 Å². The molecular formula is C31H26FN7O. The second-order valence-corrected chi connectivity index (χ2v) is 9.87. The summed E-state index contributed by atoms with van der Waals surface area (Å²) in [4.78, 5) is 31.3. The minimum Gasteiger partial charge on any atom is -0.368 e. The van der Waals surface area contributed by atoms with Gasteiger partial charge in [0.15, 0.2) is 0 Å². The van der Waals surface area contributed by atoms with E-state index in [0.29, 0.717) is 44.6 Å². The van der Waals surface area contributed by atoms with E-state index in [2.05, 4.69) is 25.3 Å².